The molecule has 0 saturated heterocycles. The van der Waals surface area contributed by atoms with E-state index < -0.39 is 0 Å². The lowest BCUT2D eigenvalue weighted by molar-refractivity contribution is -0.144. The maximum Gasteiger partial charge on any atom is 0.323 e. The highest BCUT2D eigenvalue weighted by molar-refractivity contribution is 5.75. The van der Waals surface area contributed by atoms with Crippen LogP contribution in [-0.4, -0.2) is 25.2 Å². The van der Waals surface area contributed by atoms with Crippen molar-refractivity contribution in [2.24, 2.45) is 11.8 Å². The Bertz CT molecular complexity index is 222. The average molecular weight is 227 g/mol. The summed E-state index contributed by atoms with van der Waals surface area (Å²) in [4.78, 5) is 11.6. The first kappa shape index (κ1) is 13.5. The lowest BCUT2D eigenvalue weighted by Crippen LogP contribution is -2.48. The molecule has 3 heteroatoms. The standard InChI is InChI=1S/C13H25NO2/c1-9(2)12(13(15)16-4)14-10(3)11-7-5-6-8-11/h9-12,14H,5-8H2,1-4H3. The monoisotopic (exact) mass is 227 g/mol. The fraction of sp³-hybridized carbons (Fsp3) is 0.923. The van der Waals surface area contributed by atoms with E-state index in [4.69, 9.17) is 4.74 Å². The first-order valence-electron chi connectivity index (χ1n) is 6.40. The molecule has 0 radical (unpaired) electrons. The summed E-state index contributed by atoms with van der Waals surface area (Å²) >= 11 is 0. The number of carbonyl (C=O) groups excluding carboxylic acids is 1. The predicted molar refractivity (Wildman–Crippen MR) is 65.2 cm³/mol. The number of methoxy groups -OCH3 is 1. The summed E-state index contributed by atoms with van der Waals surface area (Å²) in [5.41, 5.74) is 0. The molecule has 0 aromatic carbocycles. The van der Waals surface area contributed by atoms with Crippen molar-refractivity contribution in [2.45, 2.75) is 58.5 Å². The number of hydrogen-bond acceptors (Lipinski definition) is 3. The summed E-state index contributed by atoms with van der Waals surface area (Å²) in [7, 11) is 1.46. The van der Waals surface area contributed by atoms with E-state index in [1.807, 2.05) is 0 Å². The smallest absolute Gasteiger partial charge is 0.323 e. The normalized spacial score (nSPS) is 21.1. The molecule has 1 rings (SSSR count). The number of nitrogens with one attached hydrogen (secondary N) is 1. The fourth-order valence-corrected chi connectivity index (χ4v) is 2.54. The van der Waals surface area contributed by atoms with Crippen LogP contribution >= 0.6 is 0 Å². The van der Waals surface area contributed by atoms with Gasteiger partial charge in [-0.3, -0.25) is 4.79 Å². The van der Waals surface area contributed by atoms with Crippen LogP contribution in [0.25, 0.3) is 0 Å². The molecule has 0 bridgehead atoms. The predicted octanol–water partition coefficient (Wildman–Crippen LogP) is 2.35. The maximum atomic E-state index is 11.6. The molecule has 0 spiro atoms. The molecular weight excluding hydrogens is 202 g/mol. The van der Waals surface area contributed by atoms with E-state index in [-0.39, 0.29) is 17.9 Å². The summed E-state index contributed by atoms with van der Waals surface area (Å²) in [5.74, 6) is 0.863. The molecule has 0 amide bonds. The molecule has 1 saturated carbocycles. The molecule has 1 aliphatic rings. The van der Waals surface area contributed by atoms with E-state index in [0.717, 1.165) is 5.92 Å². The molecule has 2 unspecified atom stereocenters. The second kappa shape index (κ2) is 6.24. The number of ether oxygens (including phenoxy) is 1. The van der Waals surface area contributed by atoms with E-state index in [1.165, 1.54) is 32.8 Å². The molecule has 0 aliphatic heterocycles. The number of hydrogen-bond donors (Lipinski definition) is 1. The Morgan fingerprint density at radius 3 is 2.25 bits per heavy atom. The second-order valence-electron chi connectivity index (χ2n) is 5.24. The highest BCUT2D eigenvalue weighted by Gasteiger charge is 2.28. The van der Waals surface area contributed by atoms with Crippen molar-refractivity contribution < 1.29 is 9.53 Å². The number of carbonyl (C=O) groups is 1. The van der Waals surface area contributed by atoms with E-state index in [0.29, 0.717) is 6.04 Å². The van der Waals surface area contributed by atoms with E-state index >= 15 is 0 Å². The van der Waals surface area contributed by atoms with E-state index in [2.05, 4.69) is 26.1 Å². The van der Waals surface area contributed by atoms with Gasteiger partial charge in [-0.15, -0.1) is 0 Å². The van der Waals surface area contributed by atoms with Crippen molar-refractivity contribution in [1.82, 2.24) is 5.32 Å². The van der Waals surface area contributed by atoms with Crippen LogP contribution in [0.1, 0.15) is 46.5 Å². The minimum absolute atomic E-state index is 0.139. The third-order valence-corrected chi connectivity index (χ3v) is 3.67. The van der Waals surface area contributed by atoms with Gasteiger partial charge in [0.2, 0.25) is 0 Å². The zero-order chi connectivity index (χ0) is 12.1. The van der Waals surface area contributed by atoms with Crippen LogP contribution in [0.2, 0.25) is 0 Å². The molecule has 0 aromatic heterocycles. The van der Waals surface area contributed by atoms with Gasteiger partial charge < -0.3 is 10.1 Å². The highest BCUT2D eigenvalue weighted by atomic mass is 16.5. The topological polar surface area (TPSA) is 38.3 Å². The van der Waals surface area contributed by atoms with Crippen molar-refractivity contribution in [1.29, 1.82) is 0 Å². The Labute approximate surface area is 98.9 Å². The Hall–Kier alpha value is -0.570. The second-order valence-corrected chi connectivity index (χ2v) is 5.24. The Balaban J connectivity index is 2.50. The van der Waals surface area contributed by atoms with Crippen molar-refractivity contribution in [3.8, 4) is 0 Å². The van der Waals surface area contributed by atoms with Crippen molar-refractivity contribution >= 4 is 5.97 Å². The third kappa shape index (κ3) is 3.48. The first-order valence-corrected chi connectivity index (χ1v) is 6.40. The Morgan fingerprint density at radius 1 is 1.25 bits per heavy atom. The average Bonchev–Trinajstić information content (AvgIpc) is 2.77. The van der Waals surface area contributed by atoms with Gasteiger partial charge >= 0.3 is 5.97 Å². The van der Waals surface area contributed by atoms with Crippen LogP contribution in [0.5, 0.6) is 0 Å². The molecular formula is C13H25NO2. The van der Waals surface area contributed by atoms with Gasteiger partial charge in [-0.1, -0.05) is 26.7 Å². The van der Waals surface area contributed by atoms with Gasteiger partial charge in [0, 0.05) is 6.04 Å². The summed E-state index contributed by atoms with van der Waals surface area (Å²) in [6.45, 7) is 6.29. The molecule has 1 fully saturated rings. The van der Waals surface area contributed by atoms with Crippen molar-refractivity contribution in [3.05, 3.63) is 0 Å². The van der Waals surface area contributed by atoms with Crippen LogP contribution in [0.15, 0.2) is 0 Å². The van der Waals surface area contributed by atoms with Gasteiger partial charge in [-0.05, 0) is 31.6 Å². The largest absolute Gasteiger partial charge is 0.468 e. The Kier molecular flexibility index (Phi) is 5.26. The summed E-state index contributed by atoms with van der Waals surface area (Å²) in [6, 6.07) is 0.245. The Morgan fingerprint density at radius 2 is 1.81 bits per heavy atom. The van der Waals surface area contributed by atoms with Gasteiger partial charge in [0.1, 0.15) is 6.04 Å². The van der Waals surface area contributed by atoms with Gasteiger partial charge in [0.05, 0.1) is 7.11 Å². The van der Waals surface area contributed by atoms with Crippen LogP contribution in [-0.2, 0) is 9.53 Å². The molecule has 16 heavy (non-hydrogen) atoms. The molecule has 0 aromatic rings. The van der Waals surface area contributed by atoms with Gasteiger partial charge in [-0.2, -0.15) is 0 Å². The molecule has 94 valence electrons. The number of rotatable bonds is 5. The van der Waals surface area contributed by atoms with Crippen LogP contribution in [0.4, 0.5) is 0 Å². The van der Waals surface area contributed by atoms with E-state index in [9.17, 15) is 4.79 Å². The van der Waals surface area contributed by atoms with Gasteiger partial charge in [0.15, 0.2) is 0 Å². The summed E-state index contributed by atoms with van der Waals surface area (Å²) in [6.07, 6.45) is 5.25. The molecule has 1 N–H and O–H groups in total. The van der Waals surface area contributed by atoms with Gasteiger partial charge in [-0.25, -0.2) is 0 Å². The highest BCUT2D eigenvalue weighted by Crippen LogP contribution is 2.28. The van der Waals surface area contributed by atoms with Crippen molar-refractivity contribution in [2.75, 3.05) is 7.11 Å². The minimum Gasteiger partial charge on any atom is -0.468 e. The zero-order valence-corrected chi connectivity index (χ0v) is 11.0. The molecule has 3 nitrogen and oxygen atoms in total. The maximum absolute atomic E-state index is 11.6. The molecule has 0 heterocycles. The van der Waals surface area contributed by atoms with Crippen LogP contribution in [0, 0.1) is 11.8 Å². The zero-order valence-electron chi connectivity index (χ0n) is 11.0. The molecule has 2 atom stereocenters. The minimum atomic E-state index is -0.166. The van der Waals surface area contributed by atoms with Gasteiger partial charge in [0.25, 0.3) is 0 Å². The SMILES string of the molecule is COC(=O)C(NC(C)C1CCCC1)C(C)C. The number of esters is 1. The third-order valence-electron chi connectivity index (χ3n) is 3.67. The quantitative estimate of drug-likeness (QED) is 0.733. The summed E-state index contributed by atoms with van der Waals surface area (Å²) < 4.78 is 4.84. The molecule has 1 aliphatic carbocycles. The lowest BCUT2D eigenvalue weighted by Gasteiger charge is -2.27. The van der Waals surface area contributed by atoms with Crippen LogP contribution < -0.4 is 5.32 Å². The van der Waals surface area contributed by atoms with Crippen molar-refractivity contribution in [3.63, 3.8) is 0 Å². The lowest BCUT2D eigenvalue weighted by atomic mass is 9.96. The van der Waals surface area contributed by atoms with Crippen LogP contribution in [0.3, 0.4) is 0 Å². The first-order chi connectivity index (χ1) is 7.56. The van der Waals surface area contributed by atoms with E-state index in [1.54, 1.807) is 0 Å². The fourth-order valence-electron chi connectivity index (χ4n) is 2.54. The summed E-state index contributed by atoms with van der Waals surface area (Å²) in [5, 5.41) is 3.43.